The number of rotatable bonds is 6. The molecular formula is C23H22N2O3. The fourth-order valence-electron chi connectivity index (χ4n) is 4.13. The maximum absolute atomic E-state index is 13.1. The molecule has 0 unspecified atom stereocenters. The predicted octanol–water partition coefficient (Wildman–Crippen LogP) is 4.19. The van der Waals surface area contributed by atoms with Crippen LogP contribution in [-0.2, 0) is 20.7 Å². The Hall–Kier alpha value is -3.21. The maximum atomic E-state index is 13.1. The van der Waals surface area contributed by atoms with Gasteiger partial charge in [0.25, 0.3) is 0 Å². The molecule has 0 saturated heterocycles. The fraction of sp³-hybridized carbons (Fsp3) is 0.261. The average Bonchev–Trinajstić information content (AvgIpc) is 3.21. The van der Waals surface area contributed by atoms with E-state index in [0.29, 0.717) is 12.3 Å². The molecule has 28 heavy (non-hydrogen) atoms. The minimum Gasteiger partial charge on any atom is -0.410 e. The van der Waals surface area contributed by atoms with Crippen molar-refractivity contribution in [2.75, 3.05) is 0 Å². The van der Waals surface area contributed by atoms with Crippen LogP contribution >= 0.6 is 0 Å². The SMILES string of the molecule is CC(=O)C[C@H](c1ccccc1)[C@@]1(Cc2c[nH]c3ccccc23)N=C(C)OC1=O. The lowest BCUT2D eigenvalue weighted by molar-refractivity contribution is -0.140. The molecule has 2 aromatic carbocycles. The van der Waals surface area contributed by atoms with E-state index < -0.39 is 17.4 Å². The Morgan fingerprint density at radius 1 is 1.14 bits per heavy atom. The molecule has 1 aliphatic rings. The van der Waals surface area contributed by atoms with Crippen LogP contribution < -0.4 is 0 Å². The van der Waals surface area contributed by atoms with Gasteiger partial charge in [-0.05, 0) is 24.1 Å². The van der Waals surface area contributed by atoms with E-state index in [0.717, 1.165) is 22.0 Å². The number of fused-ring (bicyclic) bond motifs is 1. The van der Waals surface area contributed by atoms with Gasteiger partial charge in [-0.3, -0.25) is 0 Å². The second-order valence-electron chi connectivity index (χ2n) is 7.35. The molecule has 5 heteroatoms. The van der Waals surface area contributed by atoms with Gasteiger partial charge in [0.15, 0.2) is 11.4 Å². The number of carbonyl (C=O) groups is 2. The zero-order valence-corrected chi connectivity index (χ0v) is 15.9. The fourth-order valence-corrected chi connectivity index (χ4v) is 4.13. The summed E-state index contributed by atoms with van der Waals surface area (Å²) in [7, 11) is 0. The monoisotopic (exact) mass is 374 g/mol. The number of H-pyrrole nitrogens is 1. The Balaban J connectivity index is 1.86. The van der Waals surface area contributed by atoms with Gasteiger partial charge < -0.3 is 14.5 Å². The predicted molar refractivity (Wildman–Crippen MR) is 108 cm³/mol. The first-order valence-corrected chi connectivity index (χ1v) is 9.38. The van der Waals surface area contributed by atoms with Gasteiger partial charge in [-0.15, -0.1) is 0 Å². The second-order valence-corrected chi connectivity index (χ2v) is 7.35. The standard InChI is InChI=1S/C23H22N2O3/c1-15(26)12-20(17-8-4-3-5-9-17)23(22(27)28-16(2)25-23)13-18-14-24-21-11-7-6-10-19(18)21/h3-11,14,20,24H,12-13H2,1-2H3/t20-,23-/m1/s1. The molecule has 1 aliphatic heterocycles. The summed E-state index contributed by atoms with van der Waals surface area (Å²) in [6.07, 6.45) is 2.50. The largest absolute Gasteiger partial charge is 0.410 e. The molecule has 142 valence electrons. The summed E-state index contributed by atoms with van der Waals surface area (Å²) in [5.41, 5.74) is 1.73. The number of nitrogens with zero attached hydrogens (tertiary/aromatic N) is 1. The number of Topliss-reactive ketones (excluding diaryl/α,β-unsaturated/α-hetero) is 1. The van der Waals surface area contributed by atoms with Crippen molar-refractivity contribution in [3.05, 3.63) is 71.9 Å². The quantitative estimate of drug-likeness (QED) is 0.658. The second kappa shape index (κ2) is 7.08. The van der Waals surface area contributed by atoms with Gasteiger partial charge >= 0.3 is 5.97 Å². The van der Waals surface area contributed by atoms with Gasteiger partial charge in [0.1, 0.15) is 5.78 Å². The molecule has 0 saturated carbocycles. The number of aromatic nitrogens is 1. The highest BCUT2D eigenvalue weighted by Gasteiger charge is 2.52. The Morgan fingerprint density at radius 3 is 2.54 bits per heavy atom. The van der Waals surface area contributed by atoms with Crippen LogP contribution in [0, 0.1) is 0 Å². The molecule has 0 fully saturated rings. The molecule has 1 aromatic heterocycles. The van der Waals surface area contributed by atoms with E-state index in [-0.39, 0.29) is 12.2 Å². The molecule has 0 aliphatic carbocycles. The van der Waals surface area contributed by atoms with Gasteiger partial charge in [-0.25, -0.2) is 9.79 Å². The van der Waals surface area contributed by atoms with E-state index >= 15 is 0 Å². The highest BCUT2D eigenvalue weighted by molar-refractivity contribution is 6.01. The Bertz CT molecular complexity index is 1070. The molecule has 0 amide bonds. The van der Waals surface area contributed by atoms with Gasteiger partial charge in [0.05, 0.1) is 0 Å². The summed E-state index contributed by atoms with van der Waals surface area (Å²) < 4.78 is 5.41. The first-order valence-electron chi connectivity index (χ1n) is 9.38. The topological polar surface area (TPSA) is 71.5 Å². The third kappa shape index (κ3) is 3.13. The van der Waals surface area contributed by atoms with E-state index in [9.17, 15) is 9.59 Å². The number of ketones is 1. The molecule has 3 aromatic rings. The van der Waals surface area contributed by atoms with Crippen LogP contribution in [0.2, 0.25) is 0 Å². The van der Waals surface area contributed by atoms with Crippen molar-refractivity contribution in [3.8, 4) is 0 Å². The van der Waals surface area contributed by atoms with Crippen LogP contribution in [0.3, 0.4) is 0 Å². The van der Waals surface area contributed by atoms with Crippen LogP contribution in [0.15, 0.2) is 65.8 Å². The number of aromatic amines is 1. The summed E-state index contributed by atoms with van der Waals surface area (Å²) in [5.74, 6) is -0.441. The highest BCUT2D eigenvalue weighted by Crippen LogP contribution is 2.42. The van der Waals surface area contributed by atoms with Gasteiger partial charge in [0.2, 0.25) is 0 Å². The third-order valence-electron chi connectivity index (χ3n) is 5.36. The number of carbonyl (C=O) groups excluding carboxylic acids is 2. The van der Waals surface area contributed by atoms with E-state index in [1.165, 1.54) is 0 Å². The lowest BCUT2D eigenvalue weighted by Crippen LogP contribution is -2.43. The van der Waals surface area contributed by atoms with Crippen LogP contribution in [0.25, 0.3) is 10.9 Å². The van der Waals surface area contributed by atoms with E-state index in [4.69, 9.17) is 9.73 Å². The number of cyclic esters (lactones) is 1. The van der Waals surface area contributed by atoms with E-state index in [1.54, 1.807) is 13.8 Å². The summed E-state index contributed by atoms with van der Waals surface area (Å²) in [5, 5.41) is 1.05. The van der Waals surface area contributed by atoms with Crippen LogP contribution in [-0.4, -0.2) is 28.2 Å². The Labute approximate surface area is 163 Å². The number of aliphatic imine (C=N–C) groups is 1. The molecule has 1 N–H and O–H groups in total. The molecule has 0 radical (unpaired) electrons. The zero-order chi connectivity index (χ0) is 19.7. The molecule has 4 rings (SSSR count). The van der Waals surface area contributed by atoms with E-state index in [2.05, 4.69) is 4.98 Å². The molecule has 0 spiro atoms. The number of benzene rings is 2. The summed E-state index contributed by atoms with van der Waals surface area (Å²) in [6, 6.07) is 17.6. The van der Waals surface area contributed by atoms with Crippen molar-refractivity contribution >= 4 is 28.6 Å². The van der Waals surface area contributed by atoms with Crippen molar-refractivity contribution in [3.63, 3.8) is 0 Å². The number of esters is 1. The number of hydrogen-bond donors (Lipinski definition) is 1. The molecule has 2 heterocycles. The minimum atomic E-state index is -1.16. The van der Waals surface area contributed by atoms with Crippen LogP contribution in [0.1, 0.15) is 37.3 Å². The third-order valence-corrected chi connectivity index (χ3v) is 5.36. The van der Waals surface area contributed by atoms with Crippen molar-refractivity contribution in [1.82, 2.24) is 4.98 Å². The molecule has 2 atom stereocenters. The number of ether oxygens (including phenoxy) is 1. The Morgan fingerprint density at radius 2 is 1.86 bits per heavy atom. The van der Waals surface area contributed by atoms with Crippen molar-refractivity contribution in [2.24, 2.45) is 4.99 Å². The van der Waals surface area contributed by atoms with E-state index in [1.807, 2.05) is 60.8 Å². The lowest BCUT2D eigenvalue weighted by Gasteiger charge is -2.31. The van der Waals surface area contributed by atoms with Crippen molar-refractivity contribution in [2.45, 2.75) is 38.1 Å². The van der Waals surface area contributed by atoms with Gasteiger partial charge in [-0.2, -0.15) is 0 Å². The minimum absolute atomic E-state index is 0.0136. The number of para-hydroxylation sites is 1. The lowest BCUT2D eigenvalue weighted by atomic mass is 9.73. The van der Waals surface area contributed by atoms with Gasteiger partial charge in [0, 0.05) is 42.8 Å². The van der Waals surface area contributed by atoms with Gasteiger partial charge in [-0.1, -0.05) is 48.5 Å². The molecular weight excluding hydrogens is 352 g/mol. The Kier molecular flexibility index (Phi) is 4.59. The number of hydrogen-bond acceptors (Lipinski definition) is 4. The normalized spacial score (nSPS) is 20.1. The molecule has 0 bridgehead atoms. The van der Waals surface area contributed by atoms with Crippen LogP contribution in [0.4, 0.5) is 0 Å². The zero-order valence-electron chi connectivity index (χ0n) is 15.9. The number of nitrogens with one attached hydrogen (secondary N) is 1. The first kappa shape index (κ1) is 18.2. The highest BCUT2D eigenvalue weighted by atomic mass is 16.6. The summed E-state index contributed by atoms with van der Waals surface area (Å²) >= 11 is 0. The van der Waals surface area contributed by atoms with Crippen LogP contribution in [0.5, 0.6) is 0 Å². The average molecular weight is 374 g/mol. The maximum Gasteiger partial charge on any atom is 0.341 e. The molecule has 5 nitrogen and oxygen atoms in total. The van der Waals surface area contributed by atoms with Crippen molar-refractivity contribution in [1.29, 1.82) is 0 Å². The summed E-state index contributed by atoms with van der Waals surface area (Å²) in [4.78, 5) is 33.2. The van der Waals surface area contributed by atoms with Crippen molar-refractivity contribution < 1.29 is 14.3 Å². The first-order chi connectivity index (χ1) is 13.5. The summed E-state index contributed by atoms with van der Waals surface area (Å²) in [6.45, 7) is 3.23. The smallest absolute Gasteiger partial charge is 0.341 e.